The molecule has 1 saturated heterocycles. The molecule has 0 aliphatic carbocycles. The van der Waals surface area contributed by atoms with Gasteiger partial charge in [0, 0.05) is 5.75 Å². The monoisotopic (exact) mass is 240 g/mol. The first-order valence-electron chi connectivity index (χ1n) is 5.24. The highest BCUT2D eigenvalue weighted by Crippen LogP contribution is 2.36. The minimum atomic E-state index is -0.749. The van der Waals surface area contributed by atoms with Crippen molar-refractivity contribution in [3.63, 3.8) is 0 Å². The molecule has 0 aromatic heterocycles. The lowest BCUT2D eigenvalue weighted by molar-refractivity contribution is -0.141. The average molecular weight is 240 g/mol. The largest absolute Gasteiger partial charge is 0.481 e. The van der Waals surface area contributed by atoms with Crippen LogP contribution in [0.3, 0.4) is 0 Å². The molecule has 0 bridgehead atoms. The summed E-state index contributed by atoms with van der Waals surface area (Å²) < 4.78 is 12.8. The predicted octanol–water partition coefficient (Wildman–Crippen LogP) is 2.75. The highest BCUT2D eigenvalue weighted by Gasteiger charge is 2.32. The molecule has 1 N–H and O–H groups in total. The Bertz CT molecular complexity index is 377. The number of aliphatic carboxylic acids is 1. The van der Waals surface area contributed by atoms with Crippen molar-refractivity contribution in [1.82, 2.24) is 0 Å². The van der Waals surface area contributed by atoms with E-state index in [1.54, 1.807) is 23.9 Å². The summed E-state index contributed by atoms with van der Waals surface area (Å²) in [7, 11) is 0. The first kappa shape index (κ1) is 11.5. The standard InChI is InChI=1S/C12H13FO2S/c13-9-3-1-8(2-4-9)10-5-6-16-7-11(10)12(14)15/h1-4,10-11H,5-7H2,(H,14,15). The van der Waals surface area contributed by atoms with Gasteiger partial charge in [-0.3, -0.25) is 4.79 Å². The van der Waals surface area contributed by atoms with Crippen LogP contribution in [0.5, 0.6) is 0 Å². The van der Waals surface area contributed by atoms with Crippen molar-refractivity contribution in [2.45, 2.75) is 12.3 Å². The minimum Gasteiger partial charge on any atom is -0.481 e. The lowest BCUT2D eigenvalue weighted by atomic mass is 9.85. The van der Waals surface area contributed by atoms with Crippen LogP contribution >= 0.6 is 11.8 Å². The molecular formula is C12H13FO2S. The summed E-state index contributed by atoms with van der Waals surface area (Å²) in [4.78, 5) is 11.1. The predicted molar refractivity (Wildman–Crippen MR) is 62.2 cm³/mol. The number of thioether (sulfide) groups is 1. The summed E-state index contributed by atoms with van der Waals surface area (Å²) in [5.74, 6) is 0.286. The molecule has 16 heavy (non-hydrogen) atoms. The Morgan fingerprint density at radius 3 is 2.69 bits per heavy atom. The average Bonchev–Trinajstić information content (AvgIpc) is 2.30. The van der Waals surface area contributed by atoms with Gasteiger partial charge in [0.2, 0.25) is 0 Å². The first-order chi connectivity index (χ1) is 7.68. The van der Waals surface area contributed by atoms with E-state index in [1.807, 2.05) is 0 Å². The van der Waals surface area contributed by atoms with Crippen molar-refractivity contribution in [1.29, 1.82) is 0 Å². The van der Waals surface area contributed by atoms with Gasteiger partial charge in [-0.15, -0.1) is 0 Å². The van der Waals surface area contributed by atoms with Gasteiger partial charge in [-0.05, 0) is 35.8 Å². The molecule has 2 nitrogen and oxygen atoms in total. The van der Waals surface area contributed by atoms with E-state index in [0.717, 1.165) is 17.7 Å². The fraction of sp³-hybridized carbons (Fsp3) is 0.417. The quantitative estimate of drug-likeness (QED) is 0.863. The van der Waals surface area contributed by atoms with Crippen molar-refractivity contribution >= 4 is 17.7 Å². The maximum Gasteiger partial charge on any atom is 0.307 e. The Morgan fingerprint density at radius 2 is 2.06 bits per heavy atom. The Kier molecular flexibility index (Phi) is 3.49. The van der Waals surface area contributed by atoms with E-state index in [-0.39, 0.29) is 17.7 Å². The van der Waals surface area contributed by atoms with Gasteiger partial charge in [0.25, 0.3) is 0 Å². The minimum absolute atomic E-state index is 0.0272. The van der Waals surface area contributed by atoms with Gasteiger partial charge in [-0.1, -0.05) is 12.1 Å². The van der Waals surface area contributed by atoms with Crippen molar-refractivity contribution in [2.75, 3.05) is 11.5 Å². The van der Waals surface area contributed by atoms with Crippen LogP contribution in [0.2, 0.25) is 0 Å². The molecule has 2 atom stereocenters. The molecule has 86 valence electrons. The maximum atomic E-state index is 12.8. The third-order valence-corrected chi connectivity index (χ3v) is 4.09. The molecule has 0 spiro atoms. The summed E-state index contributed by atoms with van der Waals surface area (Å²) in [6.45, 7) is 0. The fourth-order valence-corrected chi connectivity index (χ4v) is 3.31. The second-order valence-corrected chi connectivity index (χ2v) is 5.12. The number of carbonyl (C=O) groups is 1. The number of carboxylic acids is 1. The molecule has 1 fully saturated rings. The normalized spacial score (nSPS) is 25.3. The second-order valence-electron chi connectivity index (χ2n) is 3.97. The van der Waals surface area contributed by atoms with Gasteiger partial charge in [0.15, 0.2) is 0 Å². The molecule has 1 heterocycles. The van der Waals surface area contributed by atoms with E-state index in [2.05, 4.69) is 0 Å². The van der Waals surface area contributed by atoms with Gasteiger partial charge >= 0.3 is 5.97 Å². The summed E-state index contributed by atoms with van der Waals surface area (Å²) in [6.07, 6.45) is 0.854. The molecule has 1 aromatic carbocycles. The molecule has 1 aliphatic rings. The Hall–Kier alpha value is -1.03. The zero-order valence-corrected chi connectivity index (χ0v) is 9.54. The van der Waals surface area contributed by atoms with Crippen molar-refractivity contribution in [3.8, 4) is 0 Å². The SMILES string of the molecule is O=C(O)C1CSCCC1c1ccc(F)cc1. The van der Waals surface area contributed by atoms with Crippen LogP contribution in [0, 0.1) is 11.7 Å². The van der Waals surface area contributed by atoms with Gasteiger partial charge in [0.1, 0.15) is 5.82 Å². The molecule has 0 radical (unpaired) electrons. The lowest BCUT2D eigenvalue weighted by Gasteiger charge is -2.28. The molecule has 1 aliphatic heterocycles. The number of benzene rings is 1. The number of halogens is 1. The second kappa shape index (κ2) is 4.87. The lowest BCUT2D eigenvalue weighted by Crippen LogP contribution is -2.28. The number of carboxylic acid groups (broad SMARTS) is 1. The van der Waals surface area contributed by atoms with Crippen LogP contribution in [0.4, 0.5) is 4.39 Å². The zero-order valence-electron chi connectivity index (χ0n) is 8.73. The van der Waals surface area contributed by atoms with Crippen LogP contribution in [-0.4, -0.2) is 22.6 Å². The summed E-state index contributed by atoms with van der Waals surface area (Å²) in [6, 6.07) is 6.20. The summed E-state index contributed by atoms with van der Waals surface area (Å²) in [5.41, 5.74) is 0.939. The number of hydrogen-bond acceptors (Lipinski definition) is 2. The van der Waals surface area contributed by atoms with E-state index in [9.17, 15) is 9.18 Å². The van der Waals surface area contributed by atoms with Crippen LogP contribution in [0.15, 0.2) is 24.3 Å². The molecule has 4 heteroatoms. The first-order valence-corrected chi connectivity index (χ1v) is 6.40. The van der Waals surface area contributed by atoms with E-state index in [1.165, 1.54) is 12.1 Å². The Balaban J connectivity index is 2.23. The van der Waals surface area contributed by atoms with Gasteiger partial charge in [-0.2, -0.15) is 11.8 Å². The molecule has 2 unspecified atom stereocenters. The van der Waals surface area contributed by atoms with E-state index in [4.69, 9.17) is 5.11 Å². The van der Waals surface area contributed by atoms with Crippen LogP contribution in [0.1, 0.15) is 17.9 Å². The summed E-state index contributed by atoms with van der Waals surface area (Å²) in [5, 5.41) is 9.14. The van der Waals surface area contributed by atoms with Crippen molar-refractivity contribution in [3.05, 3.63) is 35.6 Å². The van der Waals surface area contributed by atoms with Gasteiger partial charge < -0.3 is 5.11 Å². The van der Waals surface area contributed by atoms with Crippen molar-refractivity contribution in [2.24, 2.45) is 5.92 Å². The van der Waals surface area contributed by atoms with Gasteiger partial charge in [-0.25, -0.2) is 4.39 Å². The molecular weight excluding hydrogens is 227 g/mol. The van der Waals surface area contributed by atoms with Crippen LogP contribution in [0.25, 0.3) is 0 Å². The Labute approximate surface area is 97.9 Å². The number of rotatable bonds is 2. The molecule has 0 saturated carbocycles. The van der Waals surface area contributed by atoms with E-state index >= 15 is 0 Å². The maximum absolute atomic E-state index is 12.8. The smallest absolute Gasteiger partial charge is 0.307 e. The van der Waals surface area contributed by atoms with Crippen molar-refractivity contribution < 1.29 is 14.3 Å². The molecule has 2 rings (SSSR count). The highest BCUT2D eigenvalue weighted by atomic mass is 32.2. The fourth-order valence-electron chi connectivity index (χ4n) is 2.09. The third kappa shape index (κ3) is 2.38. The molecule has 0 amide bonds. The highest BCUT2D eigenvalue weighted by molar-refractivity contribution is 7.99. The van der Waals surface area contributed by atoms with Gasteiger partial charge in [0.05, 0.1) is 5.92 Å². The van der Waals surface area contributed by atoms with E-state index < -0.39 is 5.97 Å². The van der Waals surface area contributed by atoms with Crippen LogP contribution < -0.4 is 0 Å². The zero-order chi connectivity index (χ0) is 11.5. The topological polar surface area (TPSA) is 37.3 Å². The Morgan fingerprint density at radius 1 is 1.38 bits per heavy atom. The van der Waals surface area contributed by atoms with E-state index in [0.29, 0.717) is 5.75 Å². The van der Waals surface area contributed by atoms with Crippen LogP contribution in [-0.2, 0) is 4.79 Å². The molecule has 1 aromatic rings. The third-order valence-electron chi connectivity index (χ3n) is 2.97. The number of hydrogen-bond donors (Lipinski definition) is 1. The summed E-state index contributed by atoms with van der Waals surface area (Å²) >= 11 is 1.68.